The highest BCUT2D eigenvalue weighted by molar-refractivity contribution is 5.67. The smallest absolute Gasteiger partial charge is 0.303 e. The van der Waals surface area contributed by atoms with Gasteiger partial charge in [0.25, 0.3) is 0 Å². The molecule has 2 atom stereocenters. The van der Waals surface area contributed by atoms with E-state index in [4.69, 9.17) is 5.11 Å². The fraction of sp³-hybridized carbons (Fsp3) is 0.875. The van der Waals surface area contributed by atoms with Gasteiger partial charge in [-0.05, 0) is 31.3 Å². The summed E-state index contributed by atoms with van der Waals surface area (Å²) in [7, 11) is 0. The van der Waals surface area contributed by atoms with Crippen molar-refractivity contribution in [2.75, 3.05) is 13.1 Å². The van der Waals surface area contributed by atoms with Crippen LogP contribution in [0.4, 0.5) is 0 Å². The van der Waals surface area contributed by atoms with Crippen molar-refractivity contribution >= 4 is 5.97 Å². The van der Waals surface area contributed by atoms with E-state index in [0.29, 0.717) is 18.3 Å². The third-order valence-electron chi connectivity index (χ3n) is 2.42. The van der Waals surface area contributed by atoms with Crippen LogP contribution >= 0.6 is 0 Å². The molecular weight excluding hydrogens is 142 g/mol. The second kappa shape index (κ2) is 3.72. The number of aliphatic carboxylic acids is 1. The van der Waals surface area contributed by atoms with E-state index in [1.165, 1.54) is 0 Å². The summed E-state index contributed by atoms with van der Waals surface area (Å²) < 4.78 is 0. The molecule has 3 nitrogen and oxygen atoms in total. The number of hydrogen-bond acceptors (Lipinski definition) is 2. The van der Waals surface area contributed by atoms with Gasteiger partial charge < -0.3 is 10.4 Å². The van der Waals surface area contributed by atoms with E-state index >= 15 is 0 Å². The van der Waals surface area contributed by atoms with E-state index < -0.39 is 5.97 Å². The Morgan fingerprint density at radius 2 is 2.45 bits per heavy atom. The second-order valence-electron chi connectivity index (χ2n) is 3.33. The van der Waals surface area contributed by atoms with Crippen molar-refractivity contribution in [3.8, 4) is 0 Å². The van der Waals surface area contributed by atoms with Crippen LogP contribution in [0.15, 0.2) is 0 Å². The first-order chi connectivity index (χ1) is 5.20. The molecule has 1 heterocycles. The molecule has 11 heavy (non-hydrogen) atoms. The van der Waals surface area contributed by atoms with Crippen LogP contribution in [0.25, 0.3) is 0 Å². The van der Waals surface area contributed by atoms with Crippen LogP contribution in [-0.4, -0.2) is 24.2 Å². The van der Waals surface area contributed by atoms with Gasteiger partial charge in [0, 0.05) is 6.42 Å². The Morgan fingerprint density at radius 3 is 3.00 bits per heavy atom. The minimum absolute atomic E-state index is 0.314. The van der Waals surface area contributed by atoms with Crippen LogP contribution < -0.4 is 5.32 Å². The molecule has 0 saturated carbocycles. The molecule has 0 amide bonds. The topological polar surface area (TPSA) is 49.3 Å². The highest BCUT2D eigenvalue weighted by Gasteiger charge is 2.22. The second-order valence-corrected chi connectivity index (χ2v) is 3.33. The molecule has 2 N–H and O–H groups in total. The van der Waals surface area contributed by atoms with Crippen molar-refractivity contribution in [2.24, 2.45) is 11.8 Å². The minimum atomic E-state index is -0.675. The summed E-state index contributed by atoms with van der Waals surface area (Å²) in [6.45, 7) is 4.04. The third kappa shape index (κ3) is 2.50. The maximum atomic E-state index is 10.4. The number of carboxylic acids is 1. The Hall–Kier alpha value is -0.570. The van der Waals surface area contributed by atoms with Gasteiger partial charge in [0.15, 0.2) is 0 Å². The summed E-state index contributed by atoms with van der Waals surface area (Å²) in [5.41, 5.74) is 0. The lowest BCUT2D eigenvalue weighted by molar-refractivity contribution is -0.138. The maximum Gasteiger partial charge on any atom is 0.303 e. The summed E-state index contributed by atoms with van der Waals surface area (Å²) in [5.74, 6) is 0.221. The maximum absolute atomic E-state index is 10.4. The molecule has 3 heteroatoms. The van der Waals surface area contributed by atoms with Gasteiger partial charge in [-0.25, -0.2) is 0 Å². The van der Waals surface area contributed by atoms with Crippen LogP contribution in [0.3, 0.4) is 0 Å². The number of carbonyl (C=O) groups is 1. The molecule has 0 aromatic heterocycles. The summed E-state index contributed by atoms with van der Waals surface area (Å²) >= 11 is 0. The first-order valence-electron chi connectivity index (χ1n) is 4.12. The molecule has 0 aromatic carbocycles. The Morgan fingerprint density at radius 1 is 1.73 bits per heavy atom. The predicted molar refractivity (Wildman–Crippen MR) is 42.4 cm³/mol. The van der Waals surface area contributed by atoms with Gasteiger partial charge in [0.05, 0.1) is 0 Å². The standard InChI is InChI=1S/C8H15NO2/c1-6-2-3-9-5-7(6)4-8(10)11/h6-7,9H,2-5H2,1H3,(H,10,11)/t6-,7+/m0/s1. The lowest BCUT2D eigenvalue weighted by Gasteiger charge is -2.28. The molecule has 1 rings (SSSR count). The van der Waals surface area contributed by atoms with E-state index in [-0.39, 0.29) is 0 Å². The van der Waals surface area contributed by atoms with E-state index in [2.05, 4.69) is 12.2 Å². The molecular formula is C8H15NO2. The monoisotopic (exact) mass is 157 g/mol. The zero-order valence-electron chi connectivity index (χ0n) is 6.84. The van der Waals surface area contributed by atoms with Gasteiger partial charge in [0.2, 0.25) is 0 Å². The Balaban J connectivity index is 2.35. The number of hydrogen-bond donors (Lipinski definition) is 2. The molecule has 1 aliphatic rings. The summed E-state index contributed by atoms with van der Waals surface area (Å²) in [5, 5.41) is 11.8. The van der Waals surface area contributed by atoms with Gasteiger partial charge in [-0.2, -0.15) is 0 Å². The fourth-order valence-corrected chi connectivity index (χ4v) is 1.55. The number of piperidine rings is 1. The normalized spacial score (nSPS) is 31.7. The Kier molecular flexibility index (Phi) is 2.88. The molecule has 0 aromatic rings. The molecule has 0 radical (unpaired) electrons. The van der Waals surface area contributed by atoms with Crippen molar-refractivity contribution in [3.63, 3.8) is 0 Å². The summed E-state index contributed by atoms with van der Waals surface area (Å²) in [4.78, 5) is 10.4. The van der Waals surface area contributed by atoms with Crippen molar-refractivity contribution in [2.45, 2.75) is 19.8 Å². The van der Waals surface area contributed by atoms with Crippen molar-refractivity contribution in [3.05, 3.63) is 0 Å². The molecule has 0 unspecified atom stereocenters. The van der Waals surface area contributed by atoms with E-state index in [1.807, 2.05) is 0 Å². The van der Waals surface area contributed by atoms with Crippen LogP contribution in [0, 0.1) is 11.8 Å². The Labute approximate surface area is 66.8 Å². The molecule has 0 bridgehead atoms. The fourth-order valence-electron chi connectivity index (χ4n) is 1.55. The lowest BCUT2D eigenvalue weighted by atomic mass is 9.86. The SMILES string of the molecule is C[C@H]1CCNC[C@H]1CC(=O)O. The molecule has 1 aliphatic heterocycles. The van der Waals surface area contributed by atoms with Crippen molar-refractivity contribution < 1.29 is 9.90 Å². The highest BCUT2D eigenvalue weighted by Crippen LogP contribution is 2.20. The van der Waals surface area contributed by atoms with Crippen LogP contribution in [0.1, 0.15) is 19.8 Å². The summed E-state index contributed by atoms with van der Waals surface area (Å²) in [6.07, 6.45) is 1.42. The van der Waals surface area contributed by atoms with Gasteiger partial charge >= 0.3 is 5.97 Å². The van der Waals surface area contributed by atoms with Crippen LogP contribution in [0.2, 0.25) is 0 Å². The largest absolute Gasteiger partial charge is 0.481 e. The van der Waals surface area contributed by atoms with E-state index in [9.17, 15) is 4.79 Å². The zero-order valence-corrected chi connectivity index (χ0v) is 6.84. The highest BCUT2D eigenvalue weighted by atomic mass is 16.4. The predicted octanol–water partition coefficient (Wildman–Crippen LogP) is 0.707. The van der Waals surface area contributed by atoms with Gasteiger partial charge in [-0.1, -0.05) is 6.92 Å². The summed E-state index contributed by atoms with van der Waals surface area (Å²) in [6, 6.07) is 0. The number of carboxylic acid groups (broad SMARTS) is 1. The molecule has 64 valence electrons. The molecule has 0 aliphatic carbocycles. The first-order valence-corrected chi connectivity index (χ1v) is 4.12. The van der Waals surface area contributed by atoms with Gasteiger partial charge in [-0.3, -0.25) is 4.79 Å². The third-order valence-corrected chi connectivity index (χ3v) is 2.42. The van der Waals surface area contributed by atoms with Gasteiger partial charge in [0.1, 0.15) is 0 Å². The first kappa shape index (κ1) is 8.53. The average molecular weight is 157 g/mol. The molecule has 0 spiro atoms. The molecule has 1 saturated heterocycles. The van der Waals surface area contributed by atoms with E-state index in [0.717, 1.165) is 19.5 Å². The minimum Gasteiger partial charge on any atom is -0.481 e. The quantitative estimate of drug-likeness (QED) is 0.620. The number of rotatable bonds is 2. The van der Waals surface area contributed by atoms with E-state index in [1.54, 1.807) is 0 Å². The van der Waals surface area contributed by atoms with Crippen LogP contribution in [-0.2, 0) is 4.79 Å². The number of nitrogens with one attached hydrogen (secondary N) is 1. The zero-order chi connectivity index (χ0) is 8.27. The van der Waals surface area contributed by atoms with Gasteiger partial charge in [-0.15, -0.1) is 0 Å². The van der Waals surface area contributed by atoms with Crippen molar-refractivity contribution in [1.29, 1.82) is 0 Å². The average Bonchev–Trinajstić information content (AvgIpc) is 1.93. The Bertz CT molecular complexity index is 147. The van der Waals surface area contributed by atoms with Crippen molar-refractivity contribution in [1.82, 2.24) is 5.32 Å². The van der Waals surface area contributed by atoms with Crippen LogP contribution in [0.5, 0.6) is 0 Å². The lowest BCUT2D eigenvalue weighted by Crippen LogP contribution is -2.36. The molecule has 1 fully saturated rings.